The Morgan fingerprint density at radius 2 is 2.23 bits per heavy atom. The van der Waals surface area contributed by atoms with Crippen molar-refractivity contribution in [3.63, 3.8) is 0 Å². The SMILES string of the molecule is CCCC(=O)OCCCC(C)[C]=O. The average Bonchev–Trinajstić information content (AvgIpc) is 2.12. The van der Waals surface area contributed by atoms with Crippen molar-refractivity contribution in [1.82, 2.24) is 0 Å². The molecule has 0 aliphatic carbocycles. The lowest BCUT2D eigenvalue weighted by atomic mass is 10.1. The van der Waals surface area contributed by atoms with Crippen LogP contribution in [0.1, 0.15) is 39.5 Å². The van der Waals surface area contributed by atoms with Crippen LogP contribution in [-0.4, -0.2) is 18.9 Å². The first-order chi connectivity index (χ1) is 6.20. The molecule has 0 bridgehead atoms. The van der Waals surface area contributed by atoms with Crippen LogP contribution in [-0.2, 0) is 14.3 Å². The molecule has 0 amide bonds. The zero-order valence-electron chi connectivity index (χ0n) is 8.34. The maximum absolute atomic E-state index is 10.9. The Balaban J connectivity index is 3.25. The summed E-state index contributed by atoms with van der Waals surface area (Å²) in [5.74, 6) is -0.199. The van der Waals surface area contributed by atoms with E-state index < -0.39 is 0 Å². The topological polar surface area (TPSA) is 43.4 Å². The van der Waals surface area contributed by atoms with Crippen molar-refractivity contribution < 1.29 is 14.3 Å². The molecule has 3 nitrogen and oxygen atoms in total. The smallest absolute Gasteiger partial charge is 0.305 e. The molecule has 0 aromatic heterocycles. The third kappa shape index (κ3) is 7.50. The van der Waals surface area contributed by atoms with Crippen LogP contribution in [0.25, 0.3) is 0 Å². The van der Waals surface area contributed by atoms with Crippen molar-refractivity contribution in [2.24, 2.45) is 5.92 Å². The van der Waals surface area contributed by atoms with Crippen molar-refractivity contribution in [2.75, 3.05) is 6.61 Å². The number of esters is 1. The minimum atomic E-state index is -0.148. The highest BCUT2D eigenvalue weighted by Gasteiger charge is 2.02. The quantitative estimate of drug-likeness (QED) is 0.449. The fraction of sp³-hybridized carbons (Fsp3) is 0.800. The van der Waals surface area contributed by atoms with Gasteiger partial charge in [-0.3, -0.25) is 9.59 Å². The maximum Gasteiger partial charge on any atom is 0.305 e. The fourth-order valence-corrected chi connectivity index (χ4v) is 0.911. The lowest BCUT2D eigenvalue weighted by molar-refractivity contribution is -0.143. The van der Waals surface area contributed by atoms with Gasteiger partial charge >= 0.3 is 5.97 Å². The van der Waals surface area contributed by atoms with Crippen LogP contribution in [0.5, 0.6) is 0 Å². The molecule has 0 aromatic rings. The molecule has 0 heterocycles. The highest BCUT2D eigenvalue weighted by Crippen LogP contribution is 2.02. The van der Waals surface area contributed by atoms with Crippen LogP contribution in [0.4, 0.5) is 0 Å². The standard InChI is InChI=1S/C10H17O3/c1-3-5-10(12)13-7-4-6-9(2)8-11/h9H,3-7H2,1-2H3. The highest BCUT2D eigenvalue weighted by molar-refractivity contribution is 5.69. The van der Waals surface area contributed by atoms with Gasteiger partial charge in [-0.2, -0.15) is 0 Å². The first kappa shape index (κ1) is 12.1. The molecule has 0 aromatic carbocycles. The molecule has 1 unspecified atom stereocenters. The molecule has 0 N–H and O–H groups in total. The van der Waals surface area contributed by atoms with Gasteiger partial charge in [0, 0.05) is 12.3 Å². The van der Waals surface area contributed by atoms with E-state index in [-0.39, 0.29) is 11.9 Å². The third-order valence-electron chi connectivity index (χ3n) is 1.70. The van der Waals surface area contributed by atoms with Crippen molar-refractivity contribution in [3.05, 3.63) is 0 Å². The van der Waals surface area contributed by atoms with E-state index in [9.17, 15) is 9.59 Å². The van der Waals surface area contributed by atoms with Gasteiger partial charge in [-0.1, -0.05) is 13.8 Å². The Morgan fingerprint density at radius 3 is 2.77 bits per heavy atom. The summed E-state index contributed by atoms with van der Waals surface area (Å²) in [6.07, 6.45) is 4.67. The Kier molecular flexibility index (Phi) is 7.26. The number of rotatable bonds is 7. The average molecular weight is 185 g/mol. The van der Waals surface area contributed by atoms with Crippen LogP contribution in [0.3, 0.4) is 0 Å². The largest absolute Gasteiger partial charge is 0.466 e. The lowest BCUT2D eigenvalue weighted by Gasteiger charge is -2.04. The molecule has 0 fully saturated rings. The van der Waals surface area contributed by atoms with Crippen LogP contribution in [0.2, 0.25) is 0 Å². The van der Waals surface area contributed by atoms with Crippen LogP contribution in [0, 0.1) is 5.92 Å². The summed E-state index contributed by atoms with van der Waals surface area (Å²) in [4.78, 5) is 21.0. The van der Waals surface area contributed by atoms with Crippen LogP contribution >= 0.6 is 0 Å². The second-order valence-electron chi connectivity index (χ2n) is 3.13. The van der Waals surface area contributed by atoms with E-state index in [1.54, 1.807) is 6.92 Å². The Hall–Kier alpha value is -0.860. The minimum absolute atomic E-state index is 0.0510. The van der Waals surface area contributed by atoms with E-state index in [4.69, 9.17) is 4.74 Å². The van der Waals surface area contributed by atoms with Gasteiger partial charge in [0.1, 0.15) is 0 Å². The second kappa shape index (κ2) is 7.77. The summed E-state index contributed by atoms with van der Waals surface area (Å²) in [5, 5.41) is 0. The Bertz CT molecular complexity index is 154. The van der Waals surface area contributed by atoms with Crippen molar-refractivity contribution in [1.29, 1.82) is 0 Å². The summed E-state index contributed by atoms with van der Waals surface area (Å²) in [6, 6.07) is 0. The van der Waals surface area contributed by atoms with E-state index in [2.05, 4.69) is 0 Å². The van der Waals surface area contributed by atoms with Gasteiger partial charge in [-0.15, -0.1) is 0 Å². The fourth-order valence-electron chi connectivity index (χ4n) is 0.911. The molecule has 0 saturated carbocycles. The van der Waals surface area contributed by atoms with Crippen molar-refractivity contribution in [2.45, 2.75) is 39.5 Å². The van der Waals surface area contributed by atoms with Gasteiger partial charge in [0.25, 0.3) is 0 Å². The molecular formula is C10H17O3. The van der Waals surface area contributed by atoms with Gasteiger partial charge in [0.2, 0.25) is 6.29 Å². The van der Waals surface area contributed by atoms with E-state index in [0.717, 1.165) is 19.3 Å². The Labute approximate surface area is 79.5 Å². The van der Waals surface area contributed by atoms with Crippen LogP contribution < -0.4 is 0 Å². The van der Waals surface area contributed by atoms with E-state index in [0.29, 0.717) is 13.0 Å². The summed E-state index contributed by atoms with van der Waals surface area (Å²) >= 11 is 0. The van der Waals surface area contributed by atoms with Gasteiger partial charge < -0.3 is 4.74 Å². The summed E-state index contributed by atoms with van der Waals surface area (Å²) in [5.41, 5.74) is 0. The summed E-state index contributed by atoms with van der Waals surface area (Å²) in [6.45, 7) is 4.16. The summed E-state index contributed by atoms with van der Waals surface area (Å²) < 4.78 is 4.91. The van der Waals surface area contributed by atoms with Gasteiger partial charge in [-0.25, -0.2) is 0 Å². The predicted molar refractivity (Wildman–Crippen MR) is 50.0 cm³/mol. The number of carbonyl (C=O) groups excluding carboxylic acids is 2. The second-order valence-corrected chi connectivity index (χ2v) is 3.13. The first-order valence-electron chi connectivity index (χ1n) is 4.74. The normalized spacial score (nSPS) is 12.2. The zero-order chi connectivity index (χ0) is 10.1. The van der Waals surface area contributed by atoms with E-state index >= 15 is 0 Å². The molecule has 75 valence electrons. The van der Waals surface area contributed by atoms with Gasteiger partial charge in [0.15, 0.2) is 0 Å². The molecular weight excluding hydrogens is 168 g/mol. The first-order valence-corrected chi connectivity index (χ1v) is 4.74. The monoisotopic (exact) mass is 185 g/mol. The molecule has 0 aliphatic heterocycles. The molecule has 3 heteroatoms. The van der Waals surface area contributed by atoms with E-state index in [1.165, 1.54) is 0 Å². The maximum atomic E-state index is 10.9. The highest BCUT2D eigenvalue weighted by atomic mass is 16.5. The minimum Gasteiger partial charge on any atom is -0.466 e. The molecule has 0 rings (SSSR count). The van der Waals surface area contributed by atoms with Gasteiger partial charge in [0.05, 0.1) is 6.61 Å². The molecule has 13 heavy (non-hydrogen) atoms. The van der Waals surface area contributed by atoms with Crippen molar-refractivity contribution in [3.8, 4) is 0 Å². The van der Waals surface area contributed by atoms with E-state index in [1.807, 2.05) is 13.2 Å². The van der Waals surface area contributed by atoms with Crippen LogP contribution in [0.15, 0.2) is 0 Å². The lowest BCUT2D eigenvalue weighted by Crippen LogP contribution is -2.06. The van der Waals surface area contributed by atoms with Crippen molar-refractivity contribution >= 4 is 12.3 Å². The molecule has 1 radical (unpaired) electrons. The number of ether oxygens (including phenoxy) is 1. The van der Waals surface area contributed by atoms with Gasteiger partial charge in [-0.05, 0) is 19.3 Å². The summed E-state index contributed by atoms with van der Waals surface area (Å²) in [7, 11) is 0. The number of hydrogen-bond acceptors (Lipinski definition) is 3. The molecule has 0 saturated heterocycles. The molecule has 0 spiro atoms. The zero-order valence-corrected chi connectivity index (χ0v) is 8.34. The molecule has 0 aliphatic rings. The number of hydrogen-bond donors (Lipinski definition) is 0. The predicted octanol–water partition coefficient (Wildman–Crippen LogP) is 1.86. The number of carbonyl (C=O) groups is 1. The Morgan fingerprint density at radius 1 is 1.54 bits per heavy atom. The third-order valence-corrected chi connectivity index (χ3v) is 1.70. The molecule has 1 atom stereocenters.